The van der Waals surface area contributed by atoms with Crippen LogP contribution in [0.1, 0.15) is 27.2 Å². The average molecular weight is 320 g/mol. The van der Waals surface area contributed by atoms with Gasteiger partial charge in [-0.05, 0) is 41.4 Å². The predicted molar refractivity (Wildman–Crippen MR) is 85.7 cm³/mol. The topological polar surface area (TPSA) is 66.8 Å². The summed E-state index contributed by atoms with van der Waals surface area (Å²) in [4.78, 5) is 24.2. The normalized spacial score (nSPS) is 13.3. The van der Waals surface area contributed by atoms with E-state index in [1.165, 1.54) is 13.0 Å². The lowest BCUT2D eigenvalue weighted by molar-refractivity contribution is -0.138. The Hall–Kier alpha value is -1.33. The molecule has 0 aromatic carbocycles. The summed E-state index contributed by atoms with van der Waals surface area (Å²) in [6, 6.07) is 0. The van der Waals surface area contributed by atoms with E-state index in [0.29, 0.717) is 6.42 Å². The second-order valence-corrected chi connectivity index (χ2v) is 5.16. The van der Waals surface area contributed by atoms with Gasteiger partial charge in [0.15, 0.2) is 0 Å². The average Bonchev–Trinajstić information content (AvgIpc) is 2.34. The number of esters is 1. The molecule has 0 saturated carbocycles. The number of carboxylic acids is 1. The first-order valence-corrected chi connectivity index (χ1v) is 7.14. The third-order valence-corrected chi connectivity index (χ3v) is 2.33. The molecule has 0 aromatic rings. The van der Waals surface area contributed by atoms with Gasteiger partial charge in [0.2, 0.25) is 0 Å². The zero-order valence-corrected chi connectivity index (χ0v) is 14.4. The molecular formula is C15H26ClNO4. The lowest BCUT2D eigenvalue weighted by atomic mass is 10.1. The molecule has 21 heavy (non-hydrogen) atoms. The van der Waals surface area contributed by atoms with Gasteiger partial charge in [0.1, 0.15) is 0 Å². The third kappa shape index (κ3) is 12.1. The summed E-state index contributed by atoms with van der Waals surface area (Å²) in [7, 11) is 6.00. The predicted octanol–water partition coefficient (Wildman–Crippen LogP) is 2.70. The van der Waals surface area contributed by atoms with Crippen molar-refractivity contribution in [1.82, 2.24) is 4.90 Å². The molecule has 0 saturated heterocycles. The molecule has 0 spiro atoms. The van der Waals surface area contributed by atoms with Crippen molar-refractivity contribution in [3.63, 3.8) is 0 Å². The fourth-order valence-corrected chi connectivity index (χ4v) is 1.49. The summed E-state index contributed by atoms with van der Waals surface area (Å²) >= 11 is 5.99. The van der Waals surface area contributed by atoms with Crippen LogP contribution >= 0.6 is 11.6 Å². The minimum Gasteiger partial charge on any atom is -0.478 e. The summed E-state index contributed by atoms with van der Waals surface area (Å²) in [6.45, 7) is 5.23. The molecule has 1 unspecified atom stereocenters. The van der Waals surface area contributed by atoms with Crippen molar-refractivity contribution in [2.24, 2.45) is 0 Å². The van der Waals surface area contributed by atoms with Gasteiger partial charge >= 0.3 is 11.9 Å². The quantitative estimate of drug-likeness (QED) is 0.463. The van der Waals surface area contributed by atoms with Crippen LogP contribution in [0.4, 0.5) is 0 Å². The molecule has 0 amide bonds. The molecule has 5 nitrogen and oxygen atoms in total. The molecule has 0 aliphatic carbocycles. The number of ether oxygens (including phenoxy) is 1. The fraction of sp³-hybridized carbons (Fsp3) is 0.600. The van der Waals surface area contributed by atoms with Gasteiger partial charge in [0.05, 0.1) is 17.6 Å². The first-order chi connectivity index (χ1) is 9.67. The van der Waals surface area contributed by atoms with Crippen LogP contribution in [0.3, 0.4) is 0 Å². The van der Waals surface area contributed by atoms with Crippen LogP contribution in [0, 0.1) is 0 Å². The Morgan fingerprint density at radius 1 is 1.29 bits per heavy atom. The molecule has 0 aliphatic rings. The summed E-state index contributed by atoms with van der Waals surface area (Å²) in [6.07, 6.45) is 3.58. The van der Waals surface area contributed by atoms with Gasteiger partial charge in [-0.2, -0.15) is 0 Å². The molecule has 1 atom stereocenters. The highest BCUT2D eigenvalue weighted by atomic mass is 35.5. The Morgan fingerprint density at radius 2 is 1.76 bits per heavy atom. The highest BCUT2D eigenvalue weighted by Gasteiger charge is 2.18. The van der Waals surface area contributed by atoms with Crippen molar-refractivity contribution in [2.45, 2.75) is 32.6 Å². The minimum absolute atomic E-state index is 0.0938. The number of hydrogen-bond donors (Lipinski definition) is 1. The molecular weight excluding hydrogens is 294 g/mol. The lowest BCUT2D eigenvalue weighted by Gasteiger charge is -2.10. The van der Waals surface area contributed by atoms with E-state index in [4.69, 9.17) is 21.4 Å². The summed E-state index contributed by atoms with van der Waals surface area (Å²) in [5, 5.41) is 7.94. The van der Waals surface area contributed by atoms with Gasteiger partial charge in [-0.1, -0.05) is 19.1 Å². The summed E-state index contributed by atoms with van der Waals surface area (Å²) in [5.41, 5.74) is 0.368. The number of halogens is 1. The largest absolute Gasteiger partial charge is 0.478 e. The second-order valence-electron chi connectivity index (χ2n) is 4.69. The maximum atomic E-state index is 11.6. The van der Waals surface area contributed by atoms with Gasteiger partial charge in [0, 0.05) is 5.57 Å². The summed E-state index contributed by atoms with van der Waals surface area (Å²) in [5.74, 6) is -1.57. The van der Waals surface area contributed by atoms with E-state index in [2.05, 4.69) is 0 Å². The summed E-state index contributed by atoms with van der Waals surface area (Å²) < 4.78 is 4.85. The first-order valence-electron chi connectivity index (χ1n) is 6.71. The Morgan fingerprint density at radius 3 is 2.10 bits per heavy atom. The zero-order valence-electron chi connectivity index (χ0n) is 13.6. The fourth-order valence-electron chi connectivity index (χ4n) is 1.12. The van der Waals surface area contributed by atoms with E-state index in [-0.39, 0.29) is 17.8 Å². The number of aliphatic carboxylic acids is 1. The van der Waals surface area contributed by atoms with E-state index in [1.54, 1.807) is 13.0 Å². The van der Waals surface area contributed by atoms with Crippen LogP contribution in [0.5, 0.6) is 0 Å². The highest BCUT2D eigenvalue weighted by molar-refractivity contribution is 6.26. The number of carbonyl (C=O) groups excluding carboxylic acids is 1. The monoisotopic (exact) mass is 319 g/mol. The van der Waals surface area contributed by atoms with E-state index in [1.807, 2.05) is 33.0 Å². The van der Waals surface area contributed by atoms with Crippen molar-refractivity contribution in [2.75, 3.05) is 27.7 Å². The molecule has 0 radical (unpaired) electrons. The van der Waals surface area contributed by atoms with Gasteiger partial charge in [-0.25, -0.2) is 9.59 Å². The van der Waals surface area contributed by atoms with Gasteiger partial charge < -0.3 is 14.7 Å². The number of nitrogens with zero attached hydrogens (tertiary/aromatic N) is 1. The standard InChI is InChI=1S/C12H17ClO4.C3H9N/c1-4-6-9(12(16)17-5-2)10(13)7-8(3)11(14)15;1-4(2)3/h6-7,10H,4-5H2,1-3H3,(H,14,15);1-3H3. The molecule has 0 fully saturated rings. The van der Waals surface area contributed by atoms with Crippen LogP contribution in [0.2, 0.25) is 0 Å². The van der Waals surface area contributed by atoms with Crippen molar-refractivity contribution in [3.05, 3.63) is 23.3 Å². The third-order valence-electron chi connectivity index (χ3n) is 1.97. The van der Waals surface area contributed by atoms with Gasteiger partial charge in [-0.3, -0.25) is 0 Å². The van der Waals surface area contributed by atoms with Crippen LogP contribution in [0.25, 0.3) is 0 Å². The highest BCUT2D eigenvalue weighted by Crippen LogP contribution is 2.16. The van der Waals surface area contributed by atoms with E-state index >= 15 is 0 Å². The molecule has 6 heteroatoms. The SMILES string of the molecule is CCC=C(C(=O)OCC)C(Cl)C=C(C)C(=O)O.CN(C)C. The second kappa shape index (κ2) is 12.4. The van der Waals surface area contributed by atoms with Gasteiger partial charge in [0.25, 0.3) is 0 Å². The smallest absolute Gasteiger partial charge is 0.335 e. The first kappa shape index (κ1) is 22.0. The Labute approximate surface area is 132 Å². The van der Waals surface area contributed by atoms with E-state index in [9.17, 15) is 9.59 Å². The Kier molecular flexibility index (Phi) is 13.0. The molecule has 0 bridgehead atoms. The maximum Gasteiger partial charge on any atom is 0.335 e. The lowest BCUT2D eigenvalue weighted by Crippen LogP contribution is -2.16. The molecule has 0 aliphatic heterocycles. The minimum atomic E-state index is -1.06. The molecule has 0 aromatic heterocycles. The van der Waals surface area contributed by atoms with Gasteiger partial charge in [-0.15, -0.1) is 11.6 Å². The maximum absolute atomic E-state index is 11.6. The number of rotatable bonds is 6. The zero-order chi connectivity index (χ0) is 17.0. The van der Waals surface area contributed by atoms with Crippen LogP contribution in [0.15, 0.2) is 23.3 Å². The molecule has 0 heterocycles. The van der Waals surface area contributed by atoms with Crippen molar-refractivity contribution in [3.8, 4) is 0 Å². The van der Waals surface area contributed by atoms with E-state index in [0.717, 1.165) is 0 Å². The van der Waals surface area contributed by atoms with Crippen LogP contribution in [-0.2, 0) is 14.3 Å². The Balaban J connectivity index is 0. The number of carboxylic acid groups (broad SMARTS) is 1. The van der Waals surface area contributed by atoms with Crippen LogP contribution in [-0.4, -0.2) is 55.1 Å². The Bertz CT molecular complexity index is 386. The number of carbonyl (C=O) groups is 2. The number of alkyl halides is 1. The van der Waals surface area contributed by atoms with Crippen molar-refractivity contribution >= 4 is 23.5 Å². The molecule has 1 N–H and O–H groups in total. The number of hydrogen-bond acceptors (Lipinski definition) is 4. The molecule has 122 valence electrons. The number of allylic oxidation sites excluding steroid dienone is 2. The van der Waals surface area contributed by atoms with Crippen molar-refractivity contribution < 1.29 is 19.4 Å². The van der Waals surface area contributed by atoms with E-state index < -0.39 is 17.3 Å². The van der Waals surface area contributed by atoms with Crippen molar-refractivity contribution in [1.29, 1.82) is 0 Å². The van der Waals surface area contributed by atoms with Crippen LogP contribution < -0.4 is 0 Å². The molecule has 0 rings (SSSR count).